The van der Waals surface area contributed by atoms with Gasteiger partial charge in [0.1, 0.15) is 5.78 Å². The Morgan fingerprint density at radius 3 is 2.26 bits per heavy atom. The average Bonchev–Trinajstić information content (AvgIpc) is 3.22. The molecule has 3 N–H and O–H groups in total. The van der Waals surface area contributed by atoms with Gasteiger partial charge >= 0.3 is 6.18 Å². The lowest BCUT2D eigenvalue weighted by molar-refractivity contribution is -0.182. The van der Waals surface area contributed by atoms with Crippen LogP contribution in [0, 0.1) is 23.7 Å². The zero-order valence-electron chi connectivity index (χ0n) is 18.6. The molecule has 1 aliphatic carbocycles. The van der Waals surface area contributed by atoms with Crippen LogP contribution in [0.15, 0.2) is 0 Å². The molecule has 0 radical (unpaired) electrons. The van der Waals surface area contributed by atoms with E-state index in [-0.39, 0.29) is 25.0 Å². The van der Waals surface area contributed by atoms with Crippen LogP contribution < -0.4 is 16.2 Å². The Balaban J connectivity index is 1.20. The smallest absolute Gasteiger partial charge is 0.301 e. The molecule has 3 heterocycles. The molecule has 178 valence electrons. The molecule has 4 rings (SSSR count). The monoisotopic (exact) mass is 445 g/mol. The first-order valence-electron chi connectivity index (χ1n) is 12.1. The van der Waals surface area contributed by atoms with E-state index in [0.29, 0.717) is 30.1 Å². The minimum absolute atomic E-state index is 0.0430. The Hall–Kier alpha value is -0.740. The molecular weight excluding hydrogens is 407 g/mol. The molecule has 0 bridgehead atoms. The van der Waals surface area contributed by atoms with Gasteiger partial charge in [-0.1, -0.05) is 0 Å². The minimum atomic E-state index is -4.08. The van der Waals surface area contributed by atoms with Gasteiger partial charge < -0.3 is 10.2 Å². The number of piperazine rings is 1. The van der Waals surface area contributed by atoms with Crippen molar-refractivity contribution >= 4 is 5.78 Å². The summed E-state index contributed by atoms with van der Waals surface area (Å²) in [6.07, 6.45) is 1.10. The van der Waals surface area contributed by atoms with E-state index in [1.807, 2.05) is 0 Å². The van der Waals surface area contributed by atoms with Gasteiger partial charge in [-0.05, 0) is 51.4 Å². The van der Waals surface area contributed by atoms with Crippen molar-refractivity contribution in [2.45, 2.75) is 63.8 Å². The molecule has 0 aromatic carbocycles. The second-order valence-corrected chi connectivity index (χ2v) is 10.1. The Labute approximate surface area is 183 Å². The van der Waals surface area contributed by atoms with Crippen molar-refractivity contribution in [2.75, 3.05) is 45.8 Å². The van der Waals surface area contributed by atoms with Gasteiger partial charge in [-0.3, -0.25) is 20.5 Å². The summed E-state index contributed by atoms with van der Waals surface area (Å²) in [7, 11) is 0. The maximum Gasteiger partial charge on any atom is 0.393 e. The first-order chi connectivity index (χ1) is 14.8. The van der Waals surface area contributed by atoms with Crippen LogP contribution in [0.1, 0.15) is 45.4 Å². The highest BCUT2D eigenvalue weighted by Crippen LogP contribution is 2.35. The van der Waals surface area contributed by atoms with Crippen LogP contribution >= 0.6 is 0 Å². The van der Waals surface area contributed by atoms with Gasteiger partial charge in [0.15, 0.2) is 0 Å². The number of nitrogens with zero attached hydrogens (tertiary/aromatic N) is 2. The van der Waals surface area contributed by atoms with E-state index >= 15 is 0 Å². The van der Waals surface area contributed by atoms with Crippen LogP contribution in [-0.4, -0.2) is 79.8 Å². The molecule has 3 saturated heterocycles. The standard InChI is InChI=1S/C22H38F3N5O/c1-15(31)16-2-4-17(5-3-16)21-18(12-27-28-21)14-29-8-10-30(11-9-29)20-7-6-19(13-26-20)22(23,24)25/h16-21,26-28H,2-14H2,1H3. The molecule has 4 aliphatic rings. The quantitative estimate of drug-likeness (QED) is 0.602. The van der Waals surface area contributed by atoms with E-state index in [9.17, 15) is 18.0 Å². The normalized spacial score (nSPS) is 39.0. The van der Waals surface area contributed by atoms with Crippen molar-refractivity contribution in [1.82, 2.24) is 26.0 Å². The summed E-state index contributed by atoms with van der Waals surface area (Å²) < 4.78 is 38.7. The van der Waals surface area contributed by atoms with Crippen LogP contribution in [0.2, 0.25) is 0 Å². The lowest BCUT2D eigenvalue weighted by Crippen LogP contribution is -2.58. The molecule has 4 unspecified atom stereocenters. The lowest BCUT2D eigenvalue weighted by atomic mass is 9.74. The van der Waals surface area contributed by atoms with Crippen molar-refractivity contribution < 1.29 is 18.0 Å². The van der Waals surface area contributed by atoms with E-state index in [4.69, 9.17) is 0 Å². The highest BCUT2D eigenvalue weighted by atomic mass is 19.4. The molecule has 0 aromatic heterocycles. The van der Waals surface area contributed by atoms with E-state index in [2.05, 4.69) is 26.0 Å². The number of carbonyl (C=O) groups excluding carboxylic acids is 1. The van der Waals surface area contributed by atoms with Gasteiger partial charge in [0.2, 0.25) is 0 Å². The molecule has 31 heavy (non-hydrogen) atoms. The summed E-state index contributed by atoms with van der Waals surface area (Å²) in [6, 6.07) is 0.463. The number of hydrazine groups is 1. The maximum absolute atomic E-state index is 12.9. The first kappa shape index (κ1) is 23.4. The van der Waals surface area contributed by atoms with Crippen molar-refractivity contribution in [1.29, 1.82) is 0 Å². The number of carbonyl (C=O) groups is 1. The summed E-state index contributed by atoms with van der Waals surface area (Å²) in [4.78, 5) is 16.5. The van der Waals surface area contributed by atoms with Crippen molar-refractivity contribution in [3.8, 4) is 0 Å². The highest BCUT2D eigenvalue weighted by molar-refractivity contribution is 5.78. The Morgan fingerprint density at radius 1 is 0.968 bits per heavy atom. The molecule has 0 spiro atoms. The average molecular weight is 446 g/mol. The van der Waals surface area contributed by atoms with Gasteiger partial charge in [-0.2, -0.15) is 13.2 Å². The van der Waals surface area contributed by atoms with Crippen LogP contribution in [0.5, 0.6) is 0 Å². The summed E-state index contributed by atoms with van der Waals surface area (Å²) in [5, 5.41) is 3.14. The zero-order valence-corrected chi connectivity index (χ0v) is 18.6. The summed E-state index contributed by atoms with van der Waals surface area (Å²) in [5.41, 5.74) is 6.88. The second kappa shape index (κ2) is 10.0. The number of nitrogens with one attached hydrogen (secondary N) is 3. The largest absolute Gasteiger partial charge is 0.393 e. The number of hydrogen-bond acceptors (Lipinski definition) is 6. The second-order valence-electron chi connectivity index (χ2n) is 10.1. The summed E-state index contributed by atoms with van der Waals surface area (Å²) in [6.45, 7) is 7.57. The van der Waals surface area contributed by atoms with Crippen LogP contribution in [0.3, 0.4) is 0 Å². The SMILES string of the molecule is CC(=O)C1CCC(C2NNCC2CN2CCN(C3CCC(C(F)(F)F)CN3)CC2)CC1. The van der Waals surface area contributed by atoms with Crippen molar-refractivity contribution in [2.24, 2.45) is 23.7 Å². The molecule has 0 aromatic rings. The number of Topliss-reactive ketones (excluding diaryl/α,β-unsaturated/α-hetero) is 1. The predicted octanol–water partition coefficient (Wildman–Crippen LogP) is 1.98. The van der Waals surface area contributed by atoms with E-state index < -0.39 is 12.1 Å². The fourth-order valence-corrected chi connectivity index (χ4v) is 6.14. The van der Waals surface area contributed by atoms with Gasteiger partial charge in [0, 0.05) is 63.7 Å². The molecule has 6 nitrogen and oxygen atoms in total. The predicted molar refractivity (Wildman–Crippen MR) is 113 cm³/mol. The van der Waals surface area contributed by atoms with Gasteiger partial charge in [-0.15, -0.1) is 0 Å². The Morgan fingerprint density at radius 2 is 1.68 bits per heavy atom. The molecule has 3 aliphatic heterocycles. The number of alkyl halides is 3. The van der Waals surface area contributed by atoms with Crippen LogP contribution in [0.4, 0.5) is 13.2 Å². The lowest BCUT2D eigenvalue weighted by Gasteiger charge is -2.43. The molecule has 9 heteroatoms. The molecular formula is C22H38F3N5O. The zero-order chi connectivity index (χ0) is 22.0. The van der Waals surface area contributed by atoms with E-state index in [1.54, 1.807) is 6.92 Å². The van der Waals surface area contributed by atoms with Crippen LogP contribution in [-0.2, 0) is 4.79 Å². The van der Waals surface area contributed by atoms with Gasteiger partial charge in [0.25, 0.3) is 0 Å². The summed E-state index contributed by atoms with van der Waals surface area (Å²) >= 11 is 0. The molecule has 4 atom stereocenters. The molecule has 1 saturated carbocycles. The molecule has 0 amide bonds. The van der Waals surface area contributed by atoms with Crippen molar-refractivity contribution in [3.05, 3.63) is 0 Å². The van der Waals surface area contributed by atoms with Crippen molar-refractivity contribution in [3.63, 3.8) is 0 Å². The third-order valence-electron chi connectivity index (χ3n) is 8.19. The first-order valence-corrected chi connectivity index (χ1v) is 12.1. The topological polar surface area (TPSA) is 59.6 Å². The number of ketones is 1. The number of rotatable bonds is 5. The third-order valence-corrected chi connectivity index (χ3v) is 8.19. The number of halogens is 3. The summed E-state index contributed by atoms with van der Waals surface area (Å²) in [5.74, 6) is 0.592. The fourth-order valence-electron chi connectivity index (χ4n) is 6.14. The van der Waals surface area contributed by atoms with E-state index in [1.165, 1.54) is 0 Å². The fraction of sp³-hybridized carbons (Fsp3) is 0.955. The Bertz CT molecular complexity index is 594. The number of piperidine rings is 1. The van der Waals surface area contributed by atoms with E-state index in [0.717, 1.165) is 65.0 Å². The van der Waals surface area contributed by atoms with Gasteiger partial charge in [-0.25, -0.2) is 0 Å². The minimum Gasteiger partial charge on any atom is -0.301 e. The van der Waals surface area contributed by atoms with Crippen LogP contribution in [0.25, 0.3) is 0 Å². The Kier molecular flexibility index (Phi) is 7.58. The van der Waals surface area contributed by atoms with Gasteiger partial charge in [0.05, 0.1) is 12.1 Å². The third kappa shape index (κ3) is 5.79. The molecule has 4 fully saturated rings. The maximum atomic E-state index is 12.9. The highest BCUT2D eigenvalue weighted by Gasteiger charge is 2.43. The number of hydrogen-bond donors (Lipinski definition) is 3.